The summed E-state index contributed by atoms with van der Waals surface area (Å²) in [6, 6.07) is 3.37. The first-order chi connectivity index (χ1) is 14.5. The molecule has 1 aliphatic heterocycles. The Kier molecular flexibility index (Phi) is 6.21. The predicted molar refractivity (Wildman–Crippen MR) is 110 cm³/mol. The average Bonchev–Trinajstić information content (AvgIpc) is 3.30. The highest BCUT2D eigenvalue weighted by atomic mass is 16.2. The van der Waals surface area contributed by atoms with Crippen molar-refractivity contribution in [2.45, 2.75) is 70.3 Å². The third kappa shape index (κ3) is 4.92. The number of H-pyrrole nitrogens is 1. The minimum absolute atomic E-state index is 0.0334. The van der Waals surface area contributed by atoms with E-state index in [0.29, 0.717) is 37.4 Å². The van der Waals surface area contributed by atoms with Crippen molar-refractivity contribution in [2.24, 2.45) is 17.8 Å². The lowest BCUT2D eigenvalue weighted by Crippen LogP contribution is -2.40. The molecule has 1 aromatic heterocycles. The van der Waals surface area contributed by atoms with E-state index in [9.17, 15) is 19.6 Å². The number of carbonyl (C=O) groups is 3. The molecule has 0 aromatic carbocycles. The second-order valence-electron chi connectivity index (χ2n) is 9.10. The first kappa shape index (κ1) is 20.6. The van der Waals surface area contributed by atoms with E-state index in [0.717, 1.165) is 44.2 Å². The number of rotatable bonds is 9. The van der Waals surface area contributed by atoms with Gasteiger partial charge in [-0.1, -0.05) is 12.8 Å². The van der Waals surface area contributed by atoms with Gasteiger partial charge in [0.2, 0.25) is 11.8 Å². The molecule has 7 nitrogen and oxygen atoms in total. The number of amides is 2. The number of nitriles is 1. The number of ketones is 1. The lowest BCUT2D eigenvalue weighted by molar-refractivity contribution is -0.127. The quantitative estimate of drug-likeness (QED) is 0.542. The van der Waals surface area contributed by atoms with Crippen LogP contribution >= 0.6 is 0 Å². The zero-order chi connectivity index (χ0) is 21.1. The maximum Gasteiger partial charge on any atom is 0.224 e. The van der Waals surface area contributed by atoms with E-state index < -0.39 is 12.0 Å². The largest absolute Gasteiger partial charge is 0.356 e. The Bertz CT molecular complexity index is 841. The summed E-state index contributed by atoms with van der Waals surface area (Å²) < 4.78 is 0. The number of Topliss-reactive ketones (excluding diaryl/α,β-unsaturated/α-hetero) is 1. The monoisotopic (exact) mass is 410 g/mol. The highest BCUT2D eigenvalue weighted by Gasteiger charge is 2.34. The summed E-state index contributed by atoms with van der Waals surface area (Å²) in [5, 5.41) is 15.1. The lowest BCUT2D eigenvalue weighted by Gasteiger charge is -2.20. The summed E-state index contributed by atoms with van der Waals surface area (Å²) in [5.74, 6) is -0.496. The van der Waals surface area contributed by atoms with Crippen LogP contribution in [0.5, 0.6) is 0 Å². The first-order valence-electron chi connectivity index (χ1n) is 11.2. The molecule has 160 valence electrons. The van der Waals surface area contributed by atoms with Gasteiger partial charge in [0.05, 0.1) is 11.8 Å². The summed E-state index contributed by atoms with van der Waals surface area (Å²) in [7, 11) is 0. The van der Waals surface area contributed by atoms with Gasteiger partial charge in [-0.2, -0.15) is 5.26 Å². The molecule has 30 heavy (non-hydrogen) atoms. The smallest absolute Gasteiger partial charge is 0.224 e. The van der Waals surface area contributed by atoms with Crippen LogP contribution in [0.15, 0.2) is 6.07 Å². The molecule has 1 aromatic rings. The molecule has 0 spiro atoms. The number of hydrogen-bond acceptors (Lipinski definition) is 4. The van der Waals surface area contributed by atoms with Gasteiger partial charge in [-0.15, -0.1) is 0 Å². The van der Waals surface area contributed by atoms with Crippen LogP contribution in [-0.4, -0.2) is 35.2 Å². The second-order valence-corrected chi connectivity index (χ2v) is 9.10. The van der Waals surface area contributed by atoms with Crippen molar-refractivity contribution < 1.29 is 14.4 Å². The molecular formula is C23H30N4O3. The van der Waals surface area contributed by atoms with E-state index in [2.05, 4.69) is 21.7 Å². The van der Waals surface area contributed by atoms with Crippen LogP contribution in [0.4, 0.5) is 0 Å². The lowest BCUT2D eigenvalue weighted by atomic mass is 9.92. The van der Waals surface area contributed by atoms with Crippen molar-refractivity contribution in [2.75, 3.05) is 6.54 Å². The van der Waals surface area contributed by atoms with Gasteiger partial charge in [-0.25, -0.2) is 0 Å². The van der Waals surface area contributed by atoms with Crippen LogP contribution in [0.2, 0.25) is 0 Å². The van der Waals surface area contributed by atoms with Crippen molar-refractivity contribution >= 4 is 17.6 Å². The fourth-order valence-corrected chi connectivity index (χ4v) is 4.71. The van der Waals surface area contributed by atoms with Gasteiger partial charge >= 0.3 is 0 Å². The molecule has 3 aliphatic rings. The molecule has 4 rings (SSSR count). The van der Waals surface area contributed by atoms with Gasteiger partial charge < -0.3 is 15.6 Å². The number of aromatic nitrogens is 1. The molecule has 0 radical (unpaired) electrons. The van der Waals surface area contributed by atoms with Crippen LogP contribution < -0.4 is 10.6 Å². The molecule has 3 atom stereocenters. The van der Waals surface area contributed by atoms with Gasteiger partial charge in [-0.3, -0.25) is 14.4 Å². The van der Waals surface area contributed by atoms with E-state index in [1.54, 1.807) is 0 Å². The molecule has 7 heteroatoms. The van der Waals surface area contributed by atoms with Crippen molar-refractivity contribution in [3.63, 3.8) is 0 Å². The zero-order valence-electron chi connectivity index (χ0n) is 17.3. The fourth-order valence-electron chi connectivity index (χ4n) is 4.71. The number of carbonyl (C=O) groups excluding carboxylic acids is 3. The SMILES string of the molecule is N#C[C@H](C[C@@H]1CCNC1=O)NC(=O)[C@@H](CC(=O)c1cc2c([nH]1)CCCC2)CC1CC1. The van der Waals surface area contributed by atoms with E-state index in [1.807, 2.05) is 6.07 Å². The molecular weight excluding hydrogens is 380 g/mol. The van der Waals surface area contributed by atoms with Crippen molar-refractivity contribution in [3.05, 3.63) is 23.0 Å². The van der Waals surface area contributed by atoms with Gasteiger partial charge in [0.25, 0.3) is 0 Å². The van der Waals surface area contributed by atoms with E-state index in [4.69, 9.17) is 0 Å². The van der Waals surface area contributed by atoms with E-state index in [-0.39, 0.29) is 29.9 Å². The normalized spacial score (nSPS) is 22.5. The summed E-state index contributed by atoms with van der Waals surface area (Å²) in [6.07, 6.45) is 8.32. The fraction of sp³-hybridized carbons (Fsp3) is 0.652. The Morgan fingerprint density at radius 2 is 2.00 bits per heavy atom. The first-order valence-corrected chi connectivity index (χ1v) is 11.2. The Morgan fingerprint density at radius 3 is 2.67 bits per heavy atom. The summed E-state index contributed by atoms with van der Waals surface area (Å²) in [4.78, 5) is 41.0. The Balaban J connectivity index is 1.39. The molecule has 0 bridgehead atoms. The second kappa shape index (κ2) is 9.03. The van der Waals surface area contributed by atoms with Gasteiger partial charge in [0.1, 0.15) is 6.04 Å². The number of nitrogens with one attached hydrogen (secondary N) is 3. The highest BCUT2D eigenvalue weighted by molar-refractivity contribution is 5.97. The van der Waals surface area contributed by atoms with Gasteiger partial charge in [0.15, 0.2) is 5.78 Å². The topological polar surface area (TPSA) is 115 Å². The highest BCUT2D eigenvalue weighted by Crippen LogP contribution is 2.37. The summed E-state index contributed by atoms with van der Waals surface area (Å²) >= 11 is 0. The van der Waals surface area contributed by atoms with Crippen molar-refractivity contribution in [3.8, 4) is 6.07 Å². The van der Waals surface area contributed by atoms with Crippen LogP contribution in [0.25, 0.3) is 0 Å². The number of aryl methyl sites for hydroxylation is 2. The molecule has 2 fully saturated rings. The van der Waals surface area contributed by atoms with Crippen molar-refractivity contribution in [1.29, 1.82) is 5.26 Å². The molecule has 0 unspecified atom stereocenters. The van der Waals surface area contributed by atoms with Crippen LogP contribution in [0.1, 0.15) is 73.1 Å². The molecule has 1 saturated heterocycles. The standard InChI is InChI=1S/C23H30N4O3/c24-13-18(10-16-7-8-25-22(16)29)26-23(30)17(9-14-5-6-14)12-21(28)20-11-15-3-1-2-4-19(15)27-20/h11,14,16-18,27H,1-10,12H2,(H,25,29)(H,26,30)/t16-,17+,18-/m0/s1. The Morgan fingerprint density at radius 1 is 1.20 bits per heavy atom. The zero-order valence-corrected chi connectivity index (χ0v) is 17.3. The number of aromatic amines is 1. The molecule has 2 amide bonds. The van der Waals surface area contributed by atoms with Crippen LogP contribution in [-0.2, 0) is 22.4 Å². The molecule has 1 saturated carbocycles. The maximum atomic E-state index is 13.0. The van der Waals surface area contributed by atoms with E-state index in [1.165, 1.54) is 5.56 Å². The molecule has 3 N–H and O–H groups in total. The third-order valence-electron chi connectivity index (χ3n) is 6.69. The summed E-state index contributed by atoms with van der Waals surface area (Å²) in [5.41, 5.74) is 2.99. The van der Waals surface area contributed by atoms with Gasteiger partial charge in [-0.05, 0) is 62.5 Å². The third-order valence-corrected chi connectivity index (χ3v) is 6.69. The van der Waals surface area contributed by atoms with Crippen LogP contribution in [0.3, 0.4) is 0 Å². The number of fused-ring (bicyclic) bond motifs is 1. The van der Waals surface area contributed by atoms with Gasteiger partial charge in [0, 0.05) is 30.5 Å². The Hall–Kier alpha value is -2.62. The molecule has 2 heterocycles. The maximum absolute atomic E-state index is 13.0. The predicted octanol–water partition coefficient (Wildman–Crippen LogP) is 2.42. The Labute approximate surface area is 177 Å². The minimum atomic E-state index is -0.707. The summed E-state index contributed by atoms with van der Waals surface area (Å²) in [6.45, 7) is 0.620. The molecule has 2 aliphatic carbocycles. The van der Waals surface area contributed by atoms with Crippen molar-refractivity contribution in [1.82, 2.24) is 15.6 Å². The van der Waals surface area contributed by atoms with E-state index >= 15 is 0 Å². The minimum Gasteiger partial charge on any atom is -0.356 e. The van der Waals surface area contributed by atoms with Crippen LogP contribution in [0, 0.1) is 29.1 Å². The number of hydrogen-bond donors (Lipinski definition) is 3. The number of nitrogens with zero attached hydrogens (tertiary/aromatic N) is 1. The average molecular weight is 411 g/mol.